The molecule has 0 spiro atoms. The second kappa shape index (κ2) is 5.80. The van der Waals surface area contributed by atoms with E-state index in [-0.39, 0.29) is 0 Å². The molecule has 4 nitrogen and oxygen atoms in total. The number of hydrogen-bond acceptors (Lipinski definition) is 3. The molecule has 0 radical (unpaired) electrons. The van der Waals surface area contributed by atoms with Gasteiger partial charge in [0.2, 0.25) is 0 Å². The predicted octanol–water partition coefficient (Wildman–Crippen LogP) is 2.00. The molecule has 4 heteroatoms. The molecule has 1 aromatic carbocycles. The van der Waals surface area contributed by atoms with E-state index < -0.39 is 6.09 Å². The minimum absolute atomic E-state index is 0.488. The summed E-state index contributed by atoms with van der Waals surface area (Å²) in [6.45, 7) is 0. The summed E-state index contributed by atoms with van der Waals surface area (Å²) in [7, 11) is 1.31. The number of amides is 1. The number of hydrogen-bond donors (Lipinski definition) is 1. The van der Waals surface area contributed by atoms with Crippen LogP contribution in [0.4, 0.5) is 10.5 Å². The number of methoxy groups -OCH3 is 1. The molecule has 0 aliphatic carbocycles. The minimum Gasteiger partial charge on any atom is -0.453 e. The van der Waals surface area contributed by atoms with Gasteiger partial charge in [-0.3, -0.25) is 5.32 Å². The van der Waals surface area contributed by atoms with Crippen LogP contribution in [-0.2, 0) is 16.0 Å². The van der Waals surface area contributed by atoms with Crippen molar-refractivity contribution in [2.45, 2.75) is 12.8 Å². The molecule has 0 unspecified atom stereocenters. The van der Waals surface area contributed by atoms with Gasteiger partial charge in [0.05, 0.1) is 7.11 Å². The molecule has 0 bridgehead atoms. The molecule has 1 N–H and O–H groups in total. The molecule has 0 aliphatic rings. The Labute approximate surface area is 88.2 Å². The first-order valence-electron chi connectivity index (χ1n) is 4.64. The molecule has 15 heavy (non-hydrogen) atoms. The van der Waals surface area contributed by atoms with E-state index >= 15 is 0 Å². The van der Waals surface area contributed by atoms with Crippen molar-refractivity contribution in [1.82, 2.24) is 0 Å². The Morgan fingerprint density at radius 1 is 1.53 bits per heavy atom. The van der Waals surface area contributed by atoms with Gasteiger partial charge in [0.15, 0.2) is 0 Å². The third kappa shape index (κ3) is 3.81. The summed E-state index contributed by atoms with van der Waals surface area (Å²) in [5, 5.41) is 2.56. The van der Waals surface area contributed by atoms with Crippen LogP contribution >= 0.6 is 0 Å². The van der Waals surface area contributed by atoms with E-state index in [0.29, 0.717) is 18.5 Å². The minimum atomic E-state index is -0.498. The molecule has 1 aromatic rings. The lowest BCUT2D eigenvalue weighted by atomic mass is 10.1. The maximum atomic E-state index is 10.9. The standard InChI is InChI=1S/C11H13NO3/c1-15-11(14)12-10-6-2-4-9(8-10)5-3-7-13/h2,4,6-8H,3,5H2,1H3,(H,12,14). The van der Waals surface area contributed by atoms with Crippen LogP contribution in [0, 0.1) is 0 Å². The number of carbonyl (C=O) groups is 2. The second-order valence-electron chi connectivity index (χ2n) is 3.02. The van der Waals surface area contributed by atoms with Gasteiger partial charge in [0, 0.05) is 12.1 Å². The average Bonchev–Trinajstić information content (AvgIpc) is 2.26. The molecule has 0 fully saturated rings. The zero-order chi connectivity index (χ0) is 11.1. The van der Waals surface area contributed by atoms with Crippen molar-refractivity contribution in [1.29, 1.82) is 0 Å². The zero-order valence-corrected chi connectivity index (χ0v) is 8.53. The van der Waals surface area contributed by atoms with E-state index in [1.54, 1.807) is 6.07 Å². The molecule has 0 aromatic heterocycles. The largest absolute Gasteiger partial charge is 0.453 e. The lowest BCUT2D eigenvalue weighted by Gasteiger charge is -2.05. The van der Waals surface area contributed by atoms with Gasteiger partial charge in [-0.25, -0.2) is 4.79 Å². The maximum absolute atomic E-state index is 10.9. The van der Waals surface area contributed by atoms with E-state index in [1.807, 2.05) is 18.2 Å². The van der Waals surface area contributed by atoms with Crippen molar-refractivity contribution in [3.63, 3.8) is 0 Å². The van der Waals surface area contributed by atoms with Crippen LogP contribution in [-0.4, -0.2) is 19.5 Å². The summed E-state index contributed by atoms with van der Waals surface area (Å²) in [4.78, 5) is 21.1. The number of anilines is 1. The number of benzene rings is 1. The van der Waals surface area contributed by atoms with Crippen molar-refractivity contribution in [3.05, 3.63) is 29.8 Å². The molecular formula is C11H13NO3. The first kappa shape index (κ1) is 11.2. The SMILES string of the molecule is COC(=O)Nc1cccc(CCC=O)c1. The highest BCUT2D eigenvalue weighted by atomic mass is 16.5. The highest BCUT2D eigenvalue weighted by Gasteiger charge is 2.00. The molecule has 0 aliphatic heterocycles. The van der Waals surface area contributed by atoms with Crippen LogP contribution in [0.1, 0.15) is 12.0 Å². The number of rotatable bonds is 4. The predicted molar refractivity (Wildman–Crippen MR) is 56.9 cm³/mol. The number of ether oxygens (including phenoxy) is 1. The van der Waals surface area contributed by atoms with Gasteiger partial charge >= 0.3 is 6.09 Å². The van der Waals surface area contributed by atoms with Crippen LogP contribution < -0.4 is 5.32 Å². The highest BCUT2D eigenvalue weighted by molar-refractivity contribution is 5.84. The Balaban J connectivity index is 2.65. The summed E-state index contributed by atoms with van der Waals surface area (Å²) in [6, 6.07) is 7.32. The van der Waals surface area contributed by atoms with Crippen molar-refractivity contribution in [2.75, 3.05) is 12.4 Å². The fourth-order valence-corrected chi connectivity index (χ4v) is 1.20. The van der Waals surface area contributed by atoms with Crippen LogP contribution in [0.5, 0.6) is 0 Å². The van der Waals surface area contributed by atoms with Crippen molar-refractivity contribution >= 4 is 18.1 Å². The molecule has 1 rings (SSSR count). The van der Waals surface area contributed by atoms with Crippen LogP contribution in [0.15, 0.2) is 24.3 Å². The summed E-state index contributed by atoms with van der Waals surface area (Å²) in [5.41, 5.74) is 1.68. The van der Waals surface area contributed by atoms with Gasteiger partial charge in [0.25, 0.3) is 0 Å². The van der Waals surface area contributed by atoms with E-state index in [9.17, 15) is 9.59 Å². The normalized spacial score (nSPS) is 9.40. The Bertz CT molecular complexity index is 349. The van der Waals surface area contributed by atoms with Crippen LogP contribution in [0.25, 0.3) is 0 Å². The van der Waals surface area contributed by atoms with E-state index in [1.165, 1.54) is 7.11 Å². The highest BCUT2D eigenvalue weighted by Crippen LogP contribution is 2.12. The van der Waals surface area contributed by atoms with Crippen molar-refractivity contribution in [3.8, 4) is 0 Å². The molecule has 0 heterocycles. The van der Waals surface area contributed by atoms with Gasteiger partial charge in [-0.2, -0.15) is 0 Å². The Morgan fingerprint density at radius 3 is 3.00 bits per heavy atom. The summed E-state index contributed by atoms with van der Waals surface area (Å²) in [6.07, 6.45) is 1.55. The Morgan fingerprint density at radius 2 is 2.33 bits per heavy atom. The first-order chi connectivity index (χ1) is 7.26. The Kier molecular flexibility index (Phi) is 4.34. The lowest BCUT2D eigenvalue weighted by molar-refractivity contribution is -0.107. The Hall–Kier alpha value is -1.84. The summed E-state index contributed by atoms with van der Waals surface area (Å²) in [5.74, 6) is 0. The third-order valence-corrected chi connectivity index (χ3v) is 1.91. The third-order valence-electron chi connectivity index (χ3n) is 1.91. The van der Waals surface area contributed by atoms with E-state index in [0.717, 1.165) is 11.8 Å². The van der Waals surface area contributed by atoms with Crippen molar-refractivity contribution in [2.24, 2.45) is 0 Å². The van der Waals surface area contributed by atoms with Gasteiger partial charge in [-0.05, 0) is 24.1 Å². The number of aryl methyl sites for hydroxylation is 1. The van der Waals surface area contributed by atoms with Crippen molar-refractivity contribution < 1.29 is 14.3 Å². The molecular weight excluding hydrogens is 194 g/mol. The monoisotopic (exact) mass is 207 g/mol. The topological polar surface area (TPSA) is 55.4 Å². The number of carbonyl (C=O) groups excluding carboxylic acids is 2. The van der Waals surface area contributed by atoms with Gasteiger partial charge in [-0.15, -0.1) is 0 Å². The van der Waals surface area contributed by atoms with Crippen LogP contribution in [0.3, 0.4) is 0 Å². The molecule has 0 saturated heterocycles. The smallest absolute Gasteiger partial charge is 0.411 e. The summed E-state index contributed by atoms with van der Waals surface area (Å²) >= 11 is 0. The molecule has 1 amide bonds. The fraction of sp³-hybridized carbons (Fsp3) is 0.273. The fourth-order valence-electron chi connectivity index (χ4n) is 1.20. The van der Waals surface area contributed by atoms with Gasteiger partial charge in [0.1, 0.15) is 6.29 Å². The lowest BCUT2D eigenvalue weighted by Crippen LogP contribution is -2.10. The summed E-state index contributed by atoms with van der Waals surface area (Å²) < 4.78 is 4.47. The quantitative estimate of drug-likeness (QED) is 0.768. The molecule has 0 atom stereocenters. The van der Waals surface area contributed by atoms with Gasteiger partial charge in [-0.1, -0.05) is 12.1 Å². The molecule has 80 valence electrons. The maximum Gasteiger partial charge on any atom is 0.411 e. The number of nitrogens with one attached hydrogen (secondary N) is 1. The van der Waals surface area contributed by atoms with Crippen LogP contribution in [0.2, 0.25) is 0 Å². The second-order valence-corrected chi connectivity index (χ2v) is 3.02. The van der Waals surface area contributed by atoms with E-state index in [2.05, 4.69) is 10.1 Å². The number of aldehydes is 1. The average molecular weight is 207 g/mol. The first-order valence-corrected chi connectivity index (χ1v) is 4.64. The molecule has 0 saturated carbocycles. The zero-order valence-electron chi connectivity index (χ0n) is 8.53. The van der Waals surface area contributed by atoms with E-state index in [4.69, 9.17) is 0 Å². The van der Waals surface area contributed by atoms with Gasteiger partial charge < -0.3 is 9.53 Å².